The fourth-order valence-corrected chi connectivity index (χ4v) is 7.93. The summed E-state index contributed by atoms with van der Waals surface area (Å²) < 4.78 is 12.1. The zero-order valence-corrected chi connectivity index (χ0v) is 16.7. The Bertz CT molecular complexity index is 644. The second-order valence-electron chi connectivity index (χ2n) is 7.19. The summed E-state index contributed by atoms with van der Waals surface area (Å²) in [4.78, 5) is 0. The Kier molecular flexibility index (Phi) is 6.61. The summed E-state index contributed by atoms with van der Waals surface area (Å²) in [6.45, 7) is 7.40. The van der Waals surface area contributed by atoms with Gasteiger partial charge in [-0.2, -0.15) is 0 Å². The molecule has 2 aromatic carbocycles. The van der Waals surface area contributed by atoms with Gasteiger partial charge >= 0.3 is 0 Å². The number of ether oxygens (including phenoxy) is 1. The van der Waals surface area contributed by atoms with Crippen LogP contribution in [0.3, 0.4) is 0 Å². The van der Waals surface area contributed by atoms with Gasteiger partial charge in [-0.05, 0) is 15.4 Å². The zero-order chi connectivity index (χ0) is 18.3. The maximum atomic E-state index is 6.76. The Balaban J connectivity index is 2.48. The van der Waals surface area contributed by atoms with E-state index >= 15 is 0 Å². The molecule has 1 atom stereocenters. The van der Waals surface area contributed by atoms with E-state index < -0.39 is 8.32 Å². The van der Waals surface area contributed by atoms with Crippen molar-refractivity contribution in [3.05, 3.63) is 60.7 Å². The maximum Gasteiger partial charge on any atom is 0.261 e. The van der Waals surface area contributed by atoms with E-state index in [9.17, 15) is 0 Å². The van der Waals surface area contributed by atoms with Crippen LogP contribution >= 0.6 is 0 Å². The molecule has 0 aliphatic heterocycles. The average molecular weight is 353 g/mol. The number of rotatable bonds is 7. The van der Waals surface area contributed by atoms with Crippen molar-refractivity contribution in [1.82, 2.24) is 0 Å². The highest BCUT2D eigenvalue weighted by Crippen LogP contribution is 2.36. The van der Waals surface area contributed by atoms with Gasteiger partial charge in [-0.3, -0.25) is 0 Å². The smallest absolute Gasteiger partial charge is 0.261 e. The highest BCUT2D eigenvalue weighted by molar-refractivity contribution is 6.99. The van der Waals surface area contributed by atoms with Crippen LogP contribution in [-0.2, 0) is 9.16 Å². The van der Waals surface area contributed by atoms with E-state index in [2.05, 4.69) is 87.4 Å². The maximum absolute atomic E-state index is 6.76. The molecule has 2 nitrogen and oxygen atoms in total. The fourth-order valence-electron chi connectivity index (χ4n) is 3.35. The average Bonchev–Trinajstić information content (AvgIpc) is 2.62. The standard InChI is InChI=1S/C22H28O2Si/c1-6-19(23-5)17-18-24-25(22(2,3)4,20-13-9-7-10-14-20)21-15-11-8-12-16-21/h1,7-16,19H,17-18H2,2-5H3. The van der Waals surface area contributed by atoms with Crippen molar-refractivity contribution in [3.8, 4) is 12.3 Å². The molecule has 0 amide bonds. The van der Waals surface area contributed by atoms with E-state index in [-0.39, 0.29) is 11.1 Å². The minimum absolute atomic E-state index is 0.0194. The van der Waals surface area contributed by atoms with E-state index in [0.717, 1.165) is 0 Å². The van der Waals surface area contributed by atoms with Crippen molar-refractivity contribution in [2.75, 3.05) is 13.7 Å². The molecule has 0 aliphatic carbocycles. The van der Waals surface area contributed by atoms with Crippen molar-refractivity contribution in [3.63, 3.8) is 0 Å². The number of hydrogen-bond donors (Lipinski definition) is 0. The van der Waals surface area contributed by atoms with E-state index in [1.165, 1.54) is 10.4 Å². The first kappa shape index (κ1) is 19.5. The van der Waals surface area contributed by atoms with Crippen LogP contribution in [0.1, 0.15) is 27.2 Å². The molecule has 0 saturated carbocycles. The first-order valence-electron chi connectivity index (χ1n) is 8.69. The quantitative estimate of drug-likeness (QED) is 0.560. The minimum atomic E-state index is -2.47. The molecule has 2 rings (SSSR count). The Morgan fingerprint density at radius 2 is 1.44 bits per heavy atom. The van der Waals surface area contributed by atoms with Gasteiger partial charge in [-0.1, -0.05) is 87.4 Å². The number of terminal acetylenes is 1. The first-order valence-corrected chi connectivity index (χ1v) is 10.6. The van der Waals surface area contributed by atoms with Crippen LogP contribution in [0, 0.1) is 12.3 Å². The van der Waals surface area contributed by atoms with Gasteiger partial charge in [-0.15, -0.1) is 6.42 Å². The summed E-state index contributed by atoms with van der Waals surface area (Å²) in [6, 6.07) is 21.2. The number of benzene rings is 2. The number of methoxy groups -OCH3 is 1. The molecule has 0 heterocycles. The number of hydrogen-bond acceptors (Lipinski definition) is 2. The highest BCUT2D eigenvalue weighted by atomic mass is 28.4. The summed E-state index contributed by atoms with van der Waals surface area (Å²) in [7, 11) is -0.820. The Morgan fingerprint density at radius 1 is 0.960 bits per heavy atom. The molecule has 3 heteroatoms. The molecule has 25 heavy (non-hydrogen) atoms. The van der Waals surface area contributed by atoms with E-state index in [1.54, 1.807) is 7.11 Å². The van der Waals surface area contributed by atoms with Crippen LogP contribution in [0.5, 0.6) is 0 Å². The van der Waals surface area contributed by atoms with Crippen molar-refractivity contribution >= 4 is 18.7 Å². The summed E-state index contributed by atoms with van der Waals surface area (Å²) in [5.41, 5.74) is 0. The van der Waals surface area contributed by atoms with Gasteiger partial charge in [0.15, 0.2) is 0 Å². The molecule has 0 aliphatic rings. The molecular formula is C22H28O2Si. The summed E-state index contributed by atoms with van der Waals surface area (Å²) in [6.07, 6.45) is 6.00. The predicted molar refractivity (Wildman–Crippen MR) is 108 cm³/mol. The topological polar surface area (TPSA) is 18.5 Å². The summed E-state index contributed by atoms with van der Waals surface area (Å²) in [5.74, 6) is 2.67. The third kappa shape index (κ3) is 4.22. The van der Waals surface area contributed by atoms with Gasteiger partial charge in [0, 0.05) is 20.1 Å². The lowest BCUT2D eigenvalue weighted by Gasteiger charge is -2.43. The molecule has 0 radical (unpaired) electrons. The van der Waals surface area contributed by atoms with Gasteiger partial charge in [0.25, 0.3) is 8.32 Å². The molecule has 0 N–H and O–H groups in total. The summed E-state index contributed by atoms with van der Waals surface area (Å²) >= 11 is 0. The van der Waals surface area contributed by atoms with Crippen LogP contribution in [0.2, 0.25) is 5.04 Å². The van der Waals surface area contributed by atoms with Crippen LogP contribution in [-0.4, -0.2) is 28.1 Å². The molecule has 0 aromatic heterocycles. The van der Waals surface area contributed by atoms with Gasteiger partial charge in [0.2, 0.25) is 0 Å². The second-order valence-corrected chi connectivity index (χ2v) is 11.5. The fraction of sp³-hybridized carbons (Fsp3) is 0.364. The van der Waals surface area contributed by atoms with Gasteiger partial charge in [0.1, 0.15) is 6.10 Å². The van der Waals surface area contributed by atoms with E-state index in [4.69, 9.17) is 15.6 Å². The largest absolute Gasteiger partial charge is 0.407 e. The van der Waals surface area contributed by atoms with Crippen molar-refractivity contribution < 1.29 is 9.16 Å². The predicted octanol–water partition coefficient (Wildman–Crippen LogP) is 3.60. The molecule has 0 fully saturated rings. The van der Waals surface area contributed by atoms with Gasteiger partial charge in [-0.25, -0.2) is 0 Å². The molecule has 2 aromatic rings. The highest BCUT2D eigenvalue weighted by Gasteiger charge is 2.50. The van der Waals surface area contributed by atoms with Crippen LogP contribution < -0.4 is 10.4 Å². The van der Waals surface area contributed by atoms with Crippen LogP contribution in [0.15, 0.2) is 60.7 Å². The molecule has 0 saturated heterocycles. The Morgan fingerprint density at radius 3 is 1.80 bits per heavy atom. The Hall–Kier alpha value is -1.86. The van der Waals surface area contributed by atoms with Crippen LogP contribution in [0.4, 0.5) is 0 Å². The normalized spacial score (nSPS) is 13.2. The molecule has 1 unspecified atom stereocenters. The molecule has 132 valence electrons. The lowest BCUT2D eigenvalue weighted by molar-refractivity contribution is 0.121. The third-order valence-electron chi connectivity index (χ3n) is 4.59. The zero-order valence-electron chi connectivity index (χ0n) is 15.7. The van der Waals surface area contributed by atoms with Crippen molar-refractivity contribution in [2.24, 2.45) is 0 Å². The molecular weight excluding hydrogens is 324 g/mol. The first-order chi connectivity index (χ1) is 12.0. The lowest BCUT2D eigenvalue weighted by atomic mass is 10.2. The van der Waals surface area contributed by atoms with Crippen molar-refractivity contribution in [1.29, 1.82) is 0 Å². The Labute approximate surface area is 153 Å². The van der Waals surface area contributed by atoms with Crippen molar-refractivity contribution in [2.45, 2.75) is 38.3 Å². The minimum Gasteiger partial charge on any atom is -0.407 e. The molecule has 0 spiro atoms. The van der Waals surface area contributed by atoms with Crippen LogP contribution in [0.25, 0.3) is 0 Å². The second kappa shape index (κ2) is 8.49. The van der Waals surface area contributed by atoms with Gasteiger partial charge in [0.05, 0.1) is 0 Å². The lowest BCUT2D eigenvalue weighted by Crippen LogP contribution is -2.66. The summed E-state index contributed by atoms with van der Waals surface area (Å²) in [5, 5.41) is 2.54. The third-order valence-corrected chi connectivity index (χ3v) is 9.63. The monoisotopic (exact) mass is 352 g/mol. The van der Waals surface area contributed by atoms with E-state index in [1.807, 2.05) is 0 Å². The van der Waals surface area contributed by atoms with Gasteiger partial charge < -0.3 is 9.16 Å². The van der Waals surface area contributed by atoms with E-state index in [0.29, 0.717) is 13.0 Å². The molecule has 0 bridgehead atoms. The SMILES string of the molecule is C#CC(CCO[Si](c1ccccc1)(c1ccccc1)C(C)(C)C)OC.